The summed E-state index contributed by atoms with van der Waals surface area (Å²) in [5.74, 6) is 0.822. The fraction of sp³-hybridized carbons (Fsp3) is 0.552. The zero-order valence-electron chi connectivity index (χ0n) is 21.8. The molecule has 0 amide bonds. The van der Waals surface area contributed by atoms with E-state index in [9.17, 15) is 18.0 Å². The highest BCUT2D eigenvalue weighted by Gasteiger charge is 2.51. The minimum atomic E-state index is -4.44. The lowest BCUT2D eigenvalue weighted by Gasteiger charge is -2.51. The Hall–Kier alpha value is -2.72. The Balaban J connectivity index is 1.18. The predicted molar refractivity (Wildman–Crippen MR) is 140 cm³/mol. The maximum absolute atomic E-state index is 13.9. The number of alkyl halides is 3. The Morgan fingerprint density at radius 3 is 2.56 bits per heavy atom. The van der Waals surface area contributed by atoms with E-state index in [1.807, 2.05) is 11.4 Å². The van der Waals surface area contributed by atoms with Gasteiger partial charge in [-0.3, -0.25) is 4.79 Å². The van der Waals surface area contributed by atoms with Crippen LogP contribution >= 0.6 is 11.3 Å². The number of ether oxygens (including phenoxy) is 1. The van der Waals surface area contributed by atoms with Crippen LogP contribution in [0, 0.1) is 5.92 Å². The van der Waals surface area contributed by atoms with Crippen LogP contribution < -0.4 is 0 Å². The van der Waals surface area contributed by atoms with E-state index in [-0.39, 0.29) is 23.5 Å². The molecule has 1 aliphatic carbocycles. The second kappa shape index (κ2) is 10.4. The van der Waals surface area contributed by atoms with Crippen LogP contribution in [0.5, 0.6) is 0 Å². The van der Waals surface area contributed by atoms with Crippen molar-refractivity contribution in [3.05, 3.63) is 58.0 Å². The Bertz CT molecular complexity index is 1290. The number of esters is 1. The van der Waals surface area contributed by atoms with Crippen molar-refractivity contribution in [2.24, 2.45) is 5.92 Å². The monoisotopic (exact) mass is 560 g/mol. The van der Waals surface area contributed by atoms with Gasteiger partial charge in [0.1, 0.15) is 18.5 Å². The number of thiophene rings is 1. The number of aromatic nitrogens is 2. The van der Waals surface area contributed by atoms with Crippen LogP contribution in [0.2, 0.25) is 0 Å². The summed E-state index contributed by atoms with van der Waals surface area (Å²) in [4.78, 5) is 19.5. The molecule has 3 saturated heterocycles. The third-order valence-corrected chi connectivity index (χ3v) is 10.1. The van der Waals surface area contributed by atoms with Crippen LogP contribution in [0.3, 0.4) is 0 Å². The maximum Gasteiger partial charge on any atom is 0.416 e. The van der Waals surface area contributed by atoms with Crippen LogP contribution in [0.25, 0.3) is 11.5 Å². The summed E-state index contributed by atoms with van der Waals surface area (Å²) >= 11 is 1.65. The lowest BCUT2D eigenvalue weighted by molar-refractivity contribution is -0.958. The molecule has 1 unspecified atom stereocenters. The Labute approximate surface area is 229 Å². The second-order valence-electron chi connectivity index (χ2n) is 11.5. The molecule has 6 nitrogen and oxygen atoms in total. The highest BCUT2D eigenvalue weighted by atomic mass is 32.1. The third kappa shape index (κ3) is 5.25. The Morgan fingerprint density at radius 2 is 1.87 bits per heavy atom. The molecule has 1 saturated carbocycles. The molecule has 7 rings (SSSR count). The lowest BCUT2D eigenvalue weighted by Crippen LogP contribution is -2.64. The zero-order valence-corrected chi connectivity index (χ0v) is 22.6. The number of quaternary nitrogens is 1. The number of rotatable bonds is 6. The average molecular weight is 561 g/mol. The summed E-state index contributed by atoms with van der Waals surface area (Å²) in [6, 6.07) is 9.04. The SMILES string of the molecule is O=C(OC1C[N+]2(Cc3noc(-c4cccc(C(F)(F)F)c4)n3)CCC1CC2)C1(c2cccs2)CCCCCC1. The normalized spacial score (nSPS) is 26.7. The molecule has 3 aliphatic heterocycles. The minimum Gasteiger partial charge on any atom is -0.455 e. The molecular formula is C29H33F3N3O3S+. The molecular weight excluding hydrogens is 527 g/mol. The molecule has 5 heterocycles. The molecule has 39 heavy (non-hydrogen) atoms. The third-order valence-electron chi connectivity index (χ3n) is 9.02. The van der Waals surface area contributed by atoms with E-state index >= 15 is 0 Å². The van der Waals surface area contributed by atoms with Gasteiger partial charge in [-0.05, 0) is 42.5 Å². The van der Waals surface area contributed by atoms with Gasteiger partial charge in [0.15, 0.2) is 6.10 Å². The molecule has 4 fully saturated rings. The summed E-state index contributed by atoms with van der Waals surface area (Å²) in [6.07, 6.45) is 3.37. The van der Waals surface area contributed by atoms with Crippen LogP contribution in [0.4, 0.5) is 13.2 Å². The second-order valence-corrected chi connectivity index (χ2v) is 12.4. The molecule has 0 radical (unpaired) electrons. The van der Waals surface area contributed by atoms with Crippen molar-refractivity contribution < 1.29 is 31.7 Å². The van der Waals surface area contributed by atoms with Gasteiger partial charge in [-0.25, -0.2) is 0 Å². The fourth-order valence-electron chi connectivity index (χ4n) is 6.83. The molecule has 2 bridgehead atoms. The van der Waals surface area contributed by atoms with Crippen molar-refractivity contribution in [1.29, 1.82) is 0 Å². The number of hydrogen-bond acceptors (Lipinski definition) is 6. The number of halogens is 3. The van der Waals surface area contributed by atoms with Gasteiger partial charge in [-0.1, -0.05) is 43.0 Å². The van der Waals surface area contributed by atoms with Crippen molar-refractivity contribution in [3.8, 4) is 11.5 Å². The van der Waals surface area contributed by atoms with Gasteiger partial charge in [0.2, 0.25) is 5.82 Å². The lowest BCUT2D eigenvalue weighted by atomic mass is 9.78. The minimum absolute atomic E-state index is 0.0739. The summed E-state index contributed by atoms with van der Waals surface area (Å²) in [6.45, 7) is 3.06. The Morgan fingerprint density at radius 1 is 1.10 bits per heavy atom. The van der Waals surface area contributed by atoms with Gasteiger partial charge in [-0.15, -0.1) is 11.3 Å². The van der Waals surface area contributed by atoms with Gasteiger partial charge in [0.05, 0.1) is 18.7 Å². The maximum atomic E-state index is 13.9. The average Bonchev–Trinajstić information content (AvgIpc) is 3.57. The van der Waals surface area contributed by atoms with Crippen molar-refractivity contribution in [2.45, 2.75) is 75.6 Å². The van der Waals surface area contributed by atoms with Crippen LogP contribution in [-0.2, 0) is 27.7 Å². The first-order valence-electron chi connectivity index (χ1n) is 13.9. The van der Waals surface area contributed by atoms with Crippen molar-refractivity contribution in [1.82, 2.24) is 10.1 Å². The molecule has 10 heteroatoms. The van der Waals surface area contributed by atoms with Gasteiger partial charge in [0.25, 0.3) is 5.89 Å². The molecule has 0 N–H and O–H groups in total. The van der Waals surface area contributed by atoms with Gasteiger partial charge in [0, 0.05) is 29.2 Å². The summed E-state index contributed by atoms with van der Waals surface area (Å²) < 4.78 is 52.0. The topological polar surface area (TPSA) is 65.2 Å². The van der Waals surface area contributed by atoms with Gasteiger partial charge < -0.3 is 13.7 Å². The highest BCUT2D eigenvalue weighted by Crippen LogP contribution is 2.44. The van der Waals surface area contributed by atoms with Crippen LogP contribution in [-0.4, -0.2) is 46.3 Å². The van der Waals surface area contributed by atoms with Crippen LogP contribution in [0.15, 0.2) is 46.3 Å². The van der Waals surface area contributed by atoms with Crippen molar-refractivity contribution >= 4 is 17.3 Å². The summed E-state index contributed by atoms with van der Waals surface area (Å²) in [7, 11) is 0. The largest absolute Gasteiger partial charge is 0.455 e. The van der Waals surface area contributed by atoms with E-state index in [2.05, 4.69) is 16.2 Å². The molecule has 1 atom stereocenters. The van der Waals surface area contributed by atoms with Gasteiger partial charge in [-0.2, -0.15) is 18.2 Å². The number of hydrogen-bond donors (Lipinski definition) is 0. The van der Waals surface area contributed by atoms with Crippen molar-refractivity contribution in [2.75, 3.05) is 19.6 Å². The predicted octanol–water partition coefficient (Wildman–Crippen LogP) is 6.76. The number of benzene rings is 1. The fourth-order valence-corrected chi connectivity index (χ4v) is 7.80. The smallest absolute Gasteiger partial charge is 0.416 e. The standard InChI is InChI=1S/C29H33F3N3O3S/c30-29(31,32)22-8-5-7-21(17-22)26-33-25(34-38-26)19-35-14-10-20(11-15-35)23(18-35)37-27(36)28(24-9-6-16-39-24)12-3-1-2-4-13-28/h5-9,16-17,20,23H,1-4,10-15,18-19H2/q+1. The van der Waals surface area contributed by atoms with E-state index in [4.69, 9.17) is 9.26 Å². The number of fused-ring (bicyclic) bond motifs is 3. The molecule has 208 valence electrons. The van der Waals surface area contributed by atoms with E-state index < -0.39 is 17.2 Å². The number of nitrogens with zero attached hydrogens (tertiary/aromatic N) is 3. The quantitative estimate of drug-likeness (QED) is 0.189. The van der Waals surface area contributed by atoms with Crippen LogP contribution in [0.1, 0.15) is 67.6 Å². The molecule has 3 aromatic rings. The number of carbonyl (C=O) groups is 1. The molecule has 1 aromatic carbocycles. The van der Waals surface area contributed by atoms with E-state index in [0.717, 1.165) is 81.5 Å². The first-order valence-corrected chi connectivity index (χ1v) is 14.7. The first kappa shape index (κ1) is 26.5. The summed E-state index contributed by atoms with van der Waals surface area (Å²) in [5.41, 5.74) is -1.05. The van der Waals surface area contributed by atoms with Crippen molar-refractivity contribution in [3.63, 3.8) is 0 Å². The number of carbonyl (C=O) groups excluding carboxylic acids is 1. The zero-order chi connectivity index (χ0) is 27.1. The summed E-state index contributed by atoms with van der Waals surface area (Å²) in [5, 5.41) is 6.16. The van der Waals surface area contributed by atoms with E-state index in [0.29, 0.717) is 29.3 Å². The molecule has 0 spiro atoms. The highest BCUT2D eigenvalue weighted by molar-refractivity contribution is 7.10. The number of piperidine rings is 3. The Kier molecular flexibility index (Phi) is 7.03. The first-order chi connectivity index (χ1) is 18.8. The van der Waals surface area contributed by atoms with E-state index in [1.54, 1.807) is 11.3 Å². The van der Waals surface area contributed by atoms with Gasteiger partial charge >= 0.3 is 12.1 Å². The molecule has 2 aromatic heterocycles. The van der Waals surface area contributed by atoms with E-state index in [1.165, 1.54) is 12.1 Å². The molecule has 4 aliphatic rings.